The maximum atomic E-state index is 11.5. The lowest BCUT2D eigenvalue weighted by Crippen LogP contribution is -2.50. The van der Waals surface area contributed by atoms with Gasteiger partial charge in [-0.05, 0) is 31.7 Å². The lowest BCUT2D eigenvalue weighted by Gasteiger charge is -2.36. The molecule has 1 rings (SSSR count). The van der Waals surface area contributed by atoms with Crippen LogP contribution in [0.2, 0.25) is 0 Å². The van der Waals surface area contributed by atoms with Crippen molar-refractivity contribution in [1.82, 2.24) is 10.2 Å². The number of esters is 1. The molecule has 1 N–H and O–H groups in total. The number of ether oxygens (including phenoxy) is 1. The van der Waals surface area contributed by atoms with Crippen LogP contribution in [-0.2, 0) is 9.53 Å². The van der Waals surface area contributed by atoms with Gasteiger partial charge in [-0.2, -0.15) is 0 Å². The first-order valence-electron chi connectivity index (χ1n) is 7.12. The highest BCUT2D eigenvalue weighted by Crippen LogP contribution is 2.16. The molecule has 1 heterocycles. The summed E-state index contributed by atoms with van der Waals surface area (Å²) in [7, 11) is 0. The molecule has 0 spiro atoms. The summed E-state index contributed by atoms with van der Waals surface area (Å²) in [5.74, 6) is 1.20. The van der Waals surface area contributed by atoms with Gasteiger partial charge in [0, 0.05) is 19.1 Å². The van der Waals surface area contributed by atoms with E-state index in [1.807, 2.05) is 6.92 Å². The highest BCUT2D eigenvalue weighted by Gasteiger charge is 2.25. The highest BCUT2D eigenvalue weighted by atomic mass is 16.5. The minimum absolute atomic E-state index is 0.103. The molecule has 1 saturated heterocycles. The van der Waals surface area contributed by atoms with Gasteiger partial charge in [0.25, 0.3) is 0 Å². The fraction of sp³-hybridized carbons (Fsp3) is 0.929. The van der Waals surface area contributed by atoms with Crippen LogP contribution >= 0.6 is 0 Å². The van der Waals surface area contributed by atoms with Crippen LogP contribution in [0.3, 0.4) is 0 Å². The number of hydrogen-bond acceptors (Lipinski definition) is 4. The fourth-order valence-corrected chi connectivity index (χ4v) is 2.53. The maximum absolute atomic E-state index is 11.5. The van der Waals surface area contributed by atoms with Gasteiger partial charge in [-0.15, -0.1) is 0 Å². The Morgan fingerprint density at radius 2 is 2.17 bits per heavy atom. The summed E-state index contributed by atoms with van der Waals surface area (Å²) in [6, 6.07) is 0.505. The Morgan fingerprint density at radius 1 is 1.44 bits per heavy atom. The fourth-order valence-electron chi connectivity index (χ4n) is 2.53. The van der Waals surface area contributed by atoms with Crippen molar-refractivity contribution in [2.45, 2.75) is 40.2 Å². The molecule has 0 aromatic heterocycles. The second kappa shape index (κ2) is 7.74. The monoisotopic (exact) mass is 256 g/mol. The molecule has 4 nitrogen and oxygen atoms in total. The third-order valence-electron chi connectivity index (χ3n) is 3.21. The van der Waals surface area contributed by atoms with Crippen LogP contribution in [0.1, 0.15) is 34.1 Å². The Hall–Kier alpha value is -0.610. The van der Waals surface area contributed by atoms with Crippen LogP contribution in [0, 0.1) is 11.8 Å². The zero-order valence-electron chi connectivity index (χ0n) is 12.2. The first-order valence-corrected chi connectivity index (χ1v) is 7.12. The summed E-state index contributed by atoms with van der Waals surface area (Å²) in [6.45, 7) is 12.4. The Balaban J connectivity index is 2.37. The molecule has 2 atom stereocenters. The van der Waals surface area contributed by atoms with E-state index in [4.69, 9.17) is 4.74 Å². The number of rotatable bonds is 6. The number of carbonyl (C=O) groups is 1. The van der Waals surface area contributed by atoms with Crippen molar-refractivity contribution in [3.8, 4) is 0 Å². The summed E-state index contributed by atoms with van der Waals surface area (Å²) < 4.78 is 5.01. The molecule has 0 bridgehead atoms. The molecule has 0 saturated carbocycles. The van der Waals surface area contributed by atoms with Crippen LogP contribution < -0.4 is 5.32 Å². The number of hydrogen-bond donors (Lipinski definition) is 1. The lowest BCUT2D eigenvalue weighted by molar-refractivity contribution is -0.144. The zero-order valence-corrected chi connectivity index (χ0v) is 12.2. The summed E-state index contributed by atoms with van der Waals surface area (Å²) in [6.07, 6.45) is 1.20. The molecule has 1 aliphatic heterocycles. The molecule has 1 fully saturated rings. The third-order valence-corrected chi connectivity index (χ3v) is 3.21. The van der Waals surface area contributed by atoms with E-state index in [1.165, 1.54) is 6.42 Å². The standard InChI is InChI=1S/C14H28N2O2/c1-5-18-14(17)10-16-8-12(4)6-13(9-16)15-7-11(2)3/h11-13,15H,5-10H2,1-4H3. The van der Waals surface area contributed by atoms with Gasteiger partial charge in [-0.3, -0.25) is 9.69 Å². The van der Waals surface area contributed by atoms with Crippen molar-refractivity contribution in [2.24, 2.45) is 11.8 Å². The molecule has 18 heavy (non-hydrogen) atoms. The van der Waals surface area contributed by atoms with Crippen LogP contribution in [0.15, 0.2) is 0 Å². The van der Waals surface area contributed by atoms with Crippen molar-refractivity contribution >= 4 is 5.97 Å². The van der Waals surface area contributed by atoms with E-state index >= 15 is 0 Å². The maximum Gasteiger partial charge on any atom is 0.320 e. The van der Waals surface area contributed by atoms with Gasteiger partial charge in [0.2, 0.25) is 0 Å². The van der Waals surface area contributed by atoms with E-state index in [2.05, 4.69) is 31.0 Å². The average Bonchev–Trinajstić information content (AvgIpc) is 2.25. The van der Waals surface area contributed by atoms with Gasteiger partial charge in [0.1, 0.15) is 0 Å². The number of carbonyl (C=O) groups excluding carboxylic acids is 1. The Kier molecular flexibility index (Phi) is 6.65. The second-order valence-corrected chi connectivity index (χ2v) is 5.84. The van der Waals surface area contributed by atoms with Crippen molar-refractivity contribution in [3.05, 3.63) is 0 Å². The SMILES string of the molecule is CCOC(=O)CN1CC(C)CC(NCC(C)C)C1. The first-order chi connectivity index (χ1) is 8.51. The van der Waals surface area contributed by atoms with E-state index in [0.717, 1.165) is 19.6 Å². The van der Waals surface area contributed by atoms with Crippen molar-refractivity contribution in [3.63, 3.8) is 0 Å². The van der Waals surface area contributed by atoms with Crippen LogP contribution in [-0.4, -0.2) is 49.7 Å². The van der Waals surface area contributed by atoms with Gasteiger partial charge >= 0.3 is 5.97 Å². The zero-order chi connectivity index (χ0) is 13.5. The highest BCUT2D eigenvalue weighted by molar-refractivity contribution is 5.71. The van der Waals surface area contributed by atoms with E-state index in [1.54, 1.807) is 0 Å². The normalized spacial score (nSPS) is 25.4. The van der Waals surface area contributed by atoms with Gasteiger partial charge in [0.15, 0.2) is 0 Å². The van der Waals surface area contributed by atoms with Crippen LogP contribution in [0.5, 0.6) is 0 Å². The van der Waals surface area contributed by atoms with Crippen molar-refractivity contribution < 1.29 is 9.53 Å². The van der Waals surface area contributed by atoms with Crippen molar-refractivity contribution in [1.29, 1.82) is 0 Å². The molecule has 0 aromatic carbocycles. The predicted octanol–water partition coefficient (Wildman–Crippen LogP) is 1.51. The molecule has 0 radical (unpaired) electrons. The van der Waals surface area contributed by atoms with Gasteiger partial charge in [-0.1, -0.05) is 20.8 Å². The Labute approximate surface area is 111 Å². The summed E-state index contributed by atoms with van der Waals surface area (Å²) >= 11 is 0. The molecular formula is C14H28N2O2. The summed E-state index contributed by atoms with van der Waals surface area (Å²) in [5, 5.41) is 3.59. The quantitative estimate of drug-likeness (QED) is 0.731. The largest absolute Gasteiger partial charge is 0.465 e. The average molecular weight is 256 g/mol. The summed E-state index contributed by atoms with van der Waals surface area (Å²) in [5.41, 5.74) is 0. The molecular weight excluding hydrogens is 228 g/mol. The smallest absolute Gasteiger partial charge is 0.320 e. The van der Waals surface area contributed by atoms with E-state index in [0.29, 0.717) is 31.0 Å². The molecule has 0 aliphatic carbocycles. The van der Waals surface area contributed by atoms with E-state index in [9.17, 15) is 4.79 Å². The van der Waals surface area contributed by atoms with Crippen LogP contribution in [0.25, 0.3) is 0 Å². The van der Waals surface area contributed by atoms with Crippen molar-refractivity contribution in [2.75, 3.05) is 32.8 Å². The molecule has 1 aliphatic rings. The van der Waals surface area contributed by atoms with Gasteiger partial charge < -0.3 is 10.1 Å². The molecule has 106 valence electrons. The number of nitrogens with one attached hydrogen (secondary N) is 1. The van der Waals surface area contributed by atoms with Gasteiger partial charge in [0.05, 0.1) is 13.2 Å². The minimum Gasteiger partial charge on any atom is -0.465 e. The number of likely N-dealkylation sites (tertiary alicyclic amines) is 1. The second-order valence-electron chi connectivity index (χ2n) is 5.84. The number of piperidine rings is 1. The third kappa shape index (κ3) is 5.83. The molecule has 2 unspecified atom stereocenters. The van der Waals surface area contributed by atoms with Crippen LogP contribution in [0.4, 0.5) is 0 Å². The number of nitrogens with zero attached hydrogens (tertiary/aromatic N) is 1. The topological polar surface area (TPSA) is 41.6 Å². The van der Waals surface area contributed by atoms with Gasteiger partial charge in [-0.25, -0.2) is 0 Å². The lowest BCUT2D eigenvalue weighted by atomic mass is 9.95. The molecule has 0 aromatic rings. The minimum atomic E-state index is -0.103. The predicted molar refractivity (Wildman–Crippen MR) is 73.5 cm³/mol. The molecule has 0 amide bonds. The Bertz CT molecular complexity index is 256. The van der Waals surface area contributed by atoms with E-state index < -0.39 is 0 Å². The molecule has 4 heteroatoms. The van der Waals surface area contributed by atoms with E-state index in [-0.39, 0.29) is 5.97 Å². The summed E-state index contributed by atoms with van der Waals surface area (Å²) in [4.78, 5) is 13.7. The first kappa shape index (κ1) is 15.4. The Morgan fingerprint density at radius 3 is 2.78 bits per heavy atom.